The summed E-state index contributed by atoms with van der Waals surface area (Å²) >= 11 is 0. The van der Waals surface area contributed by atoms with Gasteiger partial charge in [0.1, 0.15) is 11.9 Å². The molecule has 1 atom stereocenters. The normalized spacial score (nSPS) is 17.0. The molecule has 6 heteroatoms. The Morgan fingerprint density at radius 3 is 2.54 bits per heavy atom. The first-order chi connectivity index (χ1) is 13.5. The molecule has 0 N–H and O–H groups in total. The van der Waals surface area contributed by atoms with E-state index >= 15 is 0 Å². The van der Waals surface area contributed by atoms with Crippen LogP contribution in [0.3, 0.4) is 0 Å². The summed E-state index contributed by atoms with van der Waals surface area (Å²) < 4.78 is 20.8. The number of nitrogens with zero attached hydrogens (tertiary/aromatic N) is 3. The van der Waals surface area contributed by atoms with Gasteiger partial charge in [-0.1, -0.05) is 30.3 Å². The number of halogens is 1. The Balaban J connectivity index is 1.60. The molecule has 144 valence electrons. The summed E-state index contributed by atoms with van der Waals surface area (Å²) in [5.41, 5.74) is 3.80. The van der Waals surface area contributed by atoms with Gasteiger partial charge in [-0.2, -0.15) is 5.10 Å². The molecule has 0 radical (unpaired) electrons. The summed E-state index contributed by atoms with van der Waals surface area (Å²) in [6.07, 6.45) is -0.133. The van der Waals surface area contributed by atoms with Crippen molar-refractivity contribution in [1.82, 2.24) is 14.7 Å². The third-order valence-corrected chi connectivity index (χ3v) is 5.10. The number of hydrogen-bond donors (Lipinski definition) is 0. The Morgan fingerprint density at radius 1 is 1.11 bits per heavy atom. The standard InChI is InChI=1S/C22H22FN3O2/c1-15-21(16(2)26(24-15)19-10-8-18(23)9-11-19)22(27)25-12-13-28-20(14-25)17-6-4-3-5-7-17/h3-11,20H,12-14H2,1-2H3. The lowest BCUT2D eigenvalue weighted by molar-refractivity contribution is -0.0228. The molecule has 1 aromatic heterocycles. The van der Waals surface area contributed by atoms with Gasteiger partial charge in [0.25, 0.3) is 5.91 Å². The number of carbonyl (C=O) groups excluding carboxylic acids is 1. The second kappa shape index (κ2) is 7.56. The van der Waals surface area contributed by atoms with Crippen LogP contribution in [0.15, 0.2) is 54.6 Å². The molecule has 5 nitrogen and oxygen atoms in total. The molecule has 0 bridgehead atoms. The summed E-state index contributed by atoms with van der Waals surface area (Å²) in [4.78, 5) is 15.1. The number of aryl methyl sites for hydroxylation is 1. The third-order valence-electron chi connectivity index (χ3n) is 5.10. The van der Waals surface area contributed by atoms with E-state index in [0.29, 0.717) is 31.0 Å². The summed E-state index contributed by atoms with van der Waals surface area (Å²) in [5, 5.41) is 4.52. The molecule has 4 rings (SSSR count). The minimum atomic E-state index is -0.304. The van der Waals surface area contributed by atoms with Gasteiger partial charge in [0.05, 0.1) is 35.8 Å². The first kappa shape index (κ1) is 18.4. The summed E-state index contributed by atoms with van der Waals surface area (Å²) in [7, 11) is 0. The number of carbonyl (C=O) groups is 1. The molecule has 1 fully saturated rings. The van der Waals surface area contributed by atoms with Gasteiger partial charge in [0.2, 0.25) is 0 Å². The Bertz CT molecular complexity index is 983. The quantitative estimate of drug-likeness (QED) is 0.695. The lowest BCUT2D eigenvalue weighted by Gasteiger charge is -2.33. The highest BCUT2D eigenvalue weighted by atomic mass is 19.1. The predicted molar refractivity (Wildman–Crippen MR) is 104 cm³/mol. The largest absolute Gasteiger partial charge is 0.370 e. The van der Waals surface area contributed by atoms with Crippen LogP contribution in [0.5, 0.6) is 0 Å². The lowest BCUT2D eigenvalue weighted by atomic mass is 10.1. The topological polar surface area (TPSA) is 47.4 Å². The summed E-state index contributed by atoms with van der Waals surface area (Å²) in [5.74, 6) is -0.352. The third kappa shape index (κ3) is 3.43. The molecule has 2 heterocycles. The van der Waals surface area contributed by atoms with Gasteiger partial charge in [0.15, 0.2) is 0 Å². The lowest BCUT2D eigenvalue weighted by Crippen LogP contribution is -2.42. The average Bonchev–Trinajstić information content (AvgIpc) is 3.03. The molecule has 0 spiro atoms. The Kier molecular flexibility index (Phi) is 4.96. The second-order valence-corrected chi connectivity index (χ2v) is 6.96. The van der Waals surface area contributed by atoms with Crippen LogP contribution in [0.2, 0.25) is 0 Å². The van der Waals surface area contributed by atoms with E-state index in [1.165, 1.54) is 12.1 Å². The molecule has 1 saturated heterocycles. The van der Waals surface area contributed by atoms with E-state index in [9.17, 15) is 9.18 Å². The van der Waals surface area contributed by atoms with Crippen molar-refractivity contribution in [2.75, 3.05) is 19.7 Å². The average molecular weight is 379 g/mol. The van der Waals surface area contributed by atoms with E-state index in [2.05, 4.69) is 5.10 Å². The van der Waals surface area contributed by atoms with Crippen LogP contribution in [-0.2, 0) is 4.74 Å². The molecular weight excluding hydrogens is 357 g/mol. The van der Waals surface area contributed by atoms with Gasteiger partial charge in [-0.15, -0.1) is 0 Å². The molecule has 1 aliphatic rings. The fraction of sp³-hybridized carbons (Fsp3) is 0.273. The fourth-order valence-electron chi connectivity index (χ4n) is 3.65. The fourth-order valence-corrected chi connectivity index (χ4v) is 3.65. The van der Waals surface area contributed by atoms with Crippen LogP contribution < -0.4 is 0 Å². The molecule has 1 aliphatic heterocycles. The smallest absolute Gasteiger partial charge is 0.257 e. The van der Waals surface area contributed by atoms with Crippen LogP contribution >= 0.6 is 0 Å². The van der Waals surface area contributed by atoms with Crippen molar-refractivity contribution in [2.24, 2.45) is 0 Å². The number of benzene rings is 2. The highest BCUT2D eigenvalue weighted by molar-refractivity contribution is 5.96. The molecule has 0 saturated carbocycles. The maximum Gasteiger partial charge on any atom is 0.257 e. The van der Waals surface area contributed by atoms with Gasteiger partial charge >= 0.3 is 0 Å². The first-order valence-corrected chi connectivity index (χ1v) is 9.32. The van der Waals surface area contributed by atoms with E-state index in [1.54, 1.807) is 16.8 Å². The maximum atomic E-state index is 13.3. The van der Waals surface area contributed by atoms with E-state index < -0.39 is 0 Å². The molecule has 28 heavy (non-hydrogen) atoms. The number of rotatable bonds is 3. The number of aromatic nitrogens is 2. The van der Waals surface area contributed by atoms with Crippen molar-refractivity contribution in [3.63, 3.8) is 0 Å². The Morgan fingerprint density at radius 2 is 1.82 bits per heavy atom. The SMILES string of the molecule is Cc1nn(-c2ccc(F)cc2)c(C)c1C(=O)N1CCOC(c2ccccc2)C1. The Hall–Kier alpha value is -2.99. The molecule has 3 aromatic rings. The van der Waals surface area contributed by atoms with Gasteiger partial charge in [-0.25, -0.2) is 9.07 Å². The molecule has 2 aromatic carbocycles. The minimum absolute atomic E-state index is 0.0485. The molecular formula is C22H22FN3O2. The van der Waals surface area contributed by atoms with Crippen molar-refractivity contribution in [3.05, 3.63) is 82.9 Å². The van der Waals surface area contributed by atoms with Gasteiger partial charge in [0, 0.05) is 6.54 Å². The maximum absolute atomic E-state index is 13.3. The van der Waals surface area contributed by atoms with Crippen molar-refractivity contribution in [1.29, 1.82) is 0 Å². The van der Waals surface area contributed by atoms with Crippen molar-refractivity contribution in [3.8, 4) is 5.69 Å². The van der Waals surface area contributed by atoms with Crippen LogP contribution in [-0.4, -0.2) is 40.3 Å². The summed E-state index contributed by atoms with van der Waals surface area (Å²) in [6.45, 7) is 5.24. The number of morpholine rings is 1. The molecule has 0 aliphatic carbocycles. The van der Waals surface area contributed by atoms with E-state index in [0.717, 1.165) is 16.9 Å². The monoisotopic (exact) mass is 379 g/mol. The highest BCUT2D eigenvalue weighted by Crippen LogP contribution is 2.25. The van der Waals surface area contributed by atoms with Gasteiger partial charge in [-0.05, 0) is 43.7 Å². The van der Waals surface area contributed by atoms with Crippen molar-refractivity contribution < 1.29 is 13.9 Å². The zero-order valence-electron chi connectivity index (χ0n) is 15.9. The summed E-state index contributed by atoms with van der Waals surface area (Å²) in [6, 6.07) is 16.0. The van der Waals surface area contributed by atoms with Crippen LogP contribution in [0.4, 0.5) is 4.39 Å². The second-order valence-electron chi connectivity index (χ2n) is 6.96. The number of hydrogen-bond acceptors (Lipinski definition) is 3. The van der Waals surface area contributed by atoms with Crippen molar-refractivity contribution in [2.45, 2.75) is 20.0 Å². The zero-order valence-corrected chi connectivity index (χ0v) is 15.9. The van der Waals surface area contributed by atoms with Crippen molar-refractivity contribution >= 4 is 5.91 Å². The predicted octanol–water partition coefficient (Wildman–Crippen LogP) is 3.84. The minimum Gasteiger partial charge on any atom is -0.370 e. The Labute approximate surface area is 163 Å². The van der Waals surface area contributed by atoms with E-state index in [-0.39, 0.29) is 17.8 Å². The first-order valence-electron chi connectivity index (χ1n) is 9.32. The van der Waals surface area contributed by atoms with E-state index in [4.69, 9.17) is 4.74 Å². The van der Waals surface area contributed by atoms with Crippen LogP contribution in [0, 0.1) is 19.7 Å². The van der Waals surface area contributed by atoms with Gasteiger partial charge in [-0.3, -0.25) is 4.79 Å². The molecule has 1 unspecified atom stereocenters. The number of amides is 1. The van der Waals surface area contributed by atoms with Crippen LogP contribution in [0.1, 0.15) is 33.4 Å². The highest BCUT2D eigenvalue weighted by Gasteiger charge is 2.29. The van der Waals surface area contributed by atoms with E-state index in [1.807, 2.05) is 49.1 Å². The molecule has 1 amide bonds. The number of ether oxygens (including phenoxy) is 1. The zero-order chi connectivity index (χ0) is 19.7. The van der Waals surface area contributed by atoms with Gasteiger partial charge < -0.3 is 9.64 Å². The van der Waals surface area contributed by atoms with Crippen LogP contribution in [0.25, 0.3) is 5.69 Å².